The molecule has 1 aliphatic carbocycles. The first-order valence-corrected chi connectivity index (χ1v) is 10.7. The van der Waals surface area contributed by atoms with E-state index in [0.29, 0.717) is 11.8 Å². The number of hydrogen-bond donors (Lipinski definition) is 3. The number of rotatable bonds is 4. The lowest BCUT2D eigenvalue weighted by molar-refractivity contribution is -0.929. The number of nitrogens with one attached hydrogen (secondary N) is 2. The maximum absolute atomic E-state index is 9.55. The highest BCUT2D eigenvalue weighted by Gasteiger charge is 2.37. The van der Waals surface area contributed by atoms with E-state index in [1.807, 2.05) is 19.1 Å². The second kappa shape index (κ2) is 7.98. The molecule has 30 heavy (non-hydrogen) atoms. The molecule has 0 atom stereocenters. The van der Waals surface area contributed by atoms with Gasteiger partial charge in [-0.2, -0.15) is 0 Å². The maximum Gasteiger partial charge on any atom is 0.140 e. The first-order chi connectivity index (χ1) is 14.7. The molecular weight excluding hydrogens is 370 g/mol. The molecule has 4 nitrogen and oxygen atoms in total. The predicted molar refractivity (Wildman–Crippen MR) is 121 cm³/mol. The zero-order valence-electron chi connectivity index (χ0n) is 17.3. The number of hydrazine groups is 1. The summed E-state index contributed by atoms with van der Waals surface area (Å²) in [7, 11) is 0. The number of nitrogens with zero attached hydrogens (tertiary/aromatic N) is 1. The Morgan fingerprint density at radius 2 is 1.47 bits per heavy atom. The third-order valence-corrected chi connectivity index (χ3v) is 6.39. The predicted octanol–water partition coefficient (Wildman–Crippen LogP) is 3.23. The van der Waals surface area contributed by atoms with E-state index >= 15 is 0 Å². The average Bonchev–Trinajstić information content (AvgIpc) is 3.13. The van der Waals surface area contributed by atoms with Gasteiger partial charge in [-0.25, -0.2) is 5.01 Å². The second-order valence-electron chi connectivity index (χ2n) is 8.11. The van der Waals surface area contributed by atoms with E-state index in [2.05, 4.69) is 65.0 Å². The van der Waals surface area contributed by atoms with E-state index in [0.717, 1.165) is 37.4 Å². The number of quaternary nitrogens is 1. The van der Waals surface area contributed by atoms with Crippen molar-refractivity contribution in [2.24, 2.45) is 0 Å². The van der Waals surface area contributed by atoms with E-state index in [9.17, 15) is 5.11 Å². The Hall–Kier alpha value is -3.08. The van der Waals surface area contributed by atoms with Crippen molar-refractivity contribution in [2.75, 3.05) is 26.2 Å². The Labute approximate surface area is 178 Å². The van der Waals surface area contributed by atoms with E-state index < -0.39 is 0 Å². The number of aromatic hydroxyl groups is 1. The van der Waals surface area contributed by atoms with Crippen molar-refractivity contribution in [2.45, 2.75) is 13.0 Å². The molecule has 152 valence electrons. The zero-order chi connectivity index (χ0) is 20.5. The molecule has 4 heteroatoms. The fourth-order valence-corrected chi connectivity index (χ4v) is 4.90. The maximum atomic E-state index is 9.55. The zero-order valence-corrected chi connectivity index (χ0v) is 17.3. The van der Waals surface area contributed by atoms with Crippen LogP contribution >= 0.6 is 0 Å². The number of piperazine rings is 1. The number of phenolic OH excluding ortho intramolecular Hbond substituents is 1. The van der Waals surface area contributed by atoms with Gasteiger partial charge in [-0.15, -0.1) is 0 Å². The number of phenols is 1. The topological polar surface area (TPSA) is 39.9 Å². The highest BCUT2D eigenvalue weighted by Crippen LogP contribution is 2.41. The molecule has 0 radical (unpaired) electrons. The molecule has 0 amide bonds. The fraction of sp³-hybridized carbons (Fsp3) is 0.231. The highest BCUT2D eigenvalue weighted by atomic mass is 16.3. The van der Waals surface area contributed by atoms with Crippen LogP contribution in [0.2, 0.25) is 0 Å². The Kier molecular flexibility index (Phi) is 5.03. The highest BCUT2D eigenvalue weighted by molar-refractivity contribution is 5.77. The van der Waals surface area contributed by atoms with Crippen LogP contribution < -0.4 is 10.3 Å². The number of fused-ring (bicyclic) bond motifs is 3. The Bertz CT molecular complexity index is 1020. The van der Waals surface area contributed by atoms with Crippen LogP contribution in [0.15, 0.2) is 78.9 Å². The Morgan fingerprint density at radius 1 is 0.900 bits per heavy atom. The number of benzene rings is 3. The van der Waals surface area contributed by atoms with Gasteiger partial charge in [0.05, 0.1) is 31.9 Å². The van der Waals surface area contributed by atoms with Crippen molar-refractivity contribution in [3.8, 4) is 16.9 Å². The Balaban J connectivity index is 1.30. The lowest BCUT2D eigenvalue weighted by Gasteiger charge is -2.36. The fourth-order valence-electron chi connectivity index (χ4n) is 4.90. The van der Waals surface area contributed by atoms with Gasteiger partial charge in [0.2, 0.25) is 0 Å². The first kappa shape index (κ1) is 18.9. The molecule has 0 unspecified atom stereocenters. The molecule has 1 heterocycles. The molecule has 0 aromatic heterocycles. The summed E-state index contributed by atoms with van der Waals surface area (Å²) in [6, 6.07) is 25.6. The van der Waals surface area contributed by atoms with E-state index in [1.165, 1.54) is 22.3 Å². The summed E-state index contributed by atoms with van der Waals surface area (Å²) in [5, 5.41) is 11.9. The largest absolute Gasteiger partial charge is 0.508 e. The van der Waals surface area contributed by atoms with Crippen LogP contribution in [-0.2, 0) is 0 Å². The normalized spacial score (nSPS) is 17.6. The molecular formula is C26H28N3O+. The van der Waals surface area contributed by atoms with Crippen LogP contribution in [0.4, 0.5) is 0 Å². The molecule has 5 rings (SSSR count). The summed E-state index contributed by atoms with van der Waals surface area (Å²) in [5.74, 6) is 0.295. The summed E-state index contributed by atoms with van der Waals surface area (Å²) < 4.78 is 0. The van der Waals surface area contributed by atoms with Crippen LogP contribution in [0, 0.1) is 0 Å². The van der Waals surface area contributed by atoms with Crippen LogP contribution in [0.25, 0.3) is 16.8 Å². The summed E-state index contributed by atoms with van der Waals surface area (Å²) in [4.78, 5) is 1.64. The second-order valence-corrected chi connectivity index (χ2v) is 8.11. The van der Waals surface area contributed by atoms with Crippen LogP contribution in [0.5, 0.6) is 5.75 Å². The lowest BCUT2D eigenvalue weighted by atomic mass is 10.0. The average molecular weight is 399 g/mol. The molecule has 0 bridgehead atoms. The number of allylic oxidation sites excluding steroid dienone is 1. The molecule has 3 N–H and O–H groups in total. The third kappa shape index (κ3) is 3.38. The summed E-state index contributed by atoms with van der Waals surface area (Å²) in [6.07, 6.45) is 2.09. The molecule has 0 spiro atoms. The minimum absolute atomic E-state index is 0.295. The minimum atomic E-state index is 0.295. The first-order valence-electron chi connectivity index (χ1n) is 10.7. The summed E-state index contributed by atoms with van der Waals surface area (Å²) in [6.45, 7) is 6.21. The van der Waals surface area contributed by atoms with Crippen LogP contribution in [-0.4, -0.2) is 36.3 Å². The molecule has 2 aliphatic rings. The molecule has 3 aromatic rings. The SMILES string of the molecule is C/C=C(/NN1CC[NH+](C2c3ccccc3-c3ccccc32)CC1)c1ccc(O)cc1. The van der Waals surface area contributed by atoms with Crippen molar-refractivity contribution in [3.05, 3.63) is 95.6 Å². The standard InChI is InChI=1S/C26H27N3O/c1-2-25(19-11-13-20(30)14-12-19)27-29-17-15-28(16-18-29)26-23-9-5-3-7-21(23)22-8-4-6-10-24(22)26/h2-14,26-27,30H,15-18H2,1H3/p+1/b25-2+. The summed E-state index contributed by atoms with van der Waals surface area (Å²) in [5.41, 5.74) is 11.5. The number of hydrogen-bond acceptors (Lipinski definition) is 3. The molecule has 1 saturated heterocycles. The van der Waals surface area contributed by atoms with Gasteiger partial charge >= 0.3 is 0 Å². The monoisotopic (exact) mass is 398 g/mol. The summed E-state index contributed by atoms with van der Waals surface area (Å²) >= 11 is 0. The van der Waals surface area contributed by atoms with Gasteiger partial charge in [0.15, 0.2) is 0 Å². The van der Waals surface area contributed by atoms with Crippen LogP contribution in [0.3, 0.4) is 0 Å². The van der Waals surface area contributed by atoms with Crippen molar-refractivity contribution in [3.63, 3.8) is 0 Å². The molecule has 3 aromatic carbocycles. The van der Waals surface area contributed by atoms with Crippen molar-refractivity contribution < 1.29 is 10.0 Å². The smallest absolute Gasteiger partial charge is 0.140 e. The van der Waals surface area contributed by atoms with Crippen molar-refractivity contribution >= 4 is 5.70 Å². The third-order valence-electron chi connectivity index (χ3n) is 6.39. The molecule has 1 aliphatic heterocycles. The minimum Gasteiger partial charge on any atom is -0.508 e. The van der Waals surface area contributed by atoms with E-state index in [4.69, 9.17) is 0 Å². The van der Waals surface area contributed by atoms with E-state index in [-0.39, 0.29) is 0 Å². The van der Waals surface area contributed by atoms with Gasteiger partial charge in [-0.1, -0.05) is 54.6 Å². The van der Waals surface area contributed by atoms with Gasteiger partial charge in [0.1, 0.15) is 11.8 Å². The lowest BCUT2D eigenvalue weighted by Crippen LogP contribution is -3.15. The molecule has 1 fully saturated rings. The van der Waals surface area contributed by atoms with Gasteiger partial charge in [0, 0.05) is 11.1 Å². The van der Waals surface area contributed by atoms with Gasteiger partial charge in [-0.3, -0.25) is 0 Å². The van der Waals surface area contributed by atoms with Crippen LogP contribution in [0.1, 0.15) is 29.7 Å². The van der Waals surface area contributed by atoms with Gasteiger partial charge < -0.3 is 15.4 Å². The van der Waals surface area contributed by atoms with E-state index in [1.54, 1.807) is 17.0 Å². The van der Waals surface area contributed by atoms with Gasteiger partial charge in [-0.05, 0) is 47.9 Å². The van der Waals surface area contributed by atoms with Crippen molar-refractivity contribution in [1.82, 2.24) is 10.4 Å². The quantitative estimate of drug-likeness (QED) is 0.632. The van der Waals surface area contributed by atoms with Crippen molar-refractivity contribution in [1.29, 1.82) is 0 Å². The Morgan fingerprint density at radius 3 is 2.03 bits per heavy atom. The van der Waals surface area contributed by atoms with Gasteiger partial charge in [0.25, 0.3) is 0 Å². The molecule has 0 saturated carbocycles.